The van der Waals surface area contributed by atoms with Crippen molar-refractivity contribution in [3.63, 3.8) is 0 Å². The van der Waals surface area contributed by atoms with Crippen LogP contribution >= 0.6 is 0 Å². The van der Waals surface area contributed by atoms with E-state index in [1.54, 1.807) is 18.2 Å². The first-order chi connectivity index (χ1) is 36.4. The van der Waals surface area contributed by atoms with Gasteiger partial charge in [0, 0.05) is 155 Å². The molecule has 0 saturated heterocycles. The lowest BCUT2D eigenvalue weighted by molar-refractivity contribution is -0.256. The second kappa shape index (κ2) is 23.9. The highest BCUT2D eigenvalue weighted by Gasteiger charge is 2.24. The Kier molecular flexibility index (Phi) is 17.0. The summed E-state index contributed by atoms with van der Waals surface area (Å²) in [6.45, 7) is 1.12. The Balaban J connectivity index is 0.000000221. The molecular formula is C56H56N12O8. The van der Waals surface area contributed by atoms with Gasteiger partial charge in [0.25, 0.3) is 11.8 Å². The highest BCUT2D eigenvalue weighted by Crippen LogP contribution is 2.44. The third-order valence-corrected chi connectivity index (χ3v) is 12.6. The van der Waals surface area contributed by atoms with E-state index in [0.717, 1.165) is 33.0 Å². The van der Waals surface area contributed by atoms with E-state index >= 15 is 0 Å². The minimum Gasteiger partial charge on any atom is -0.545 e. The molecular weight excluding hydrogens is 969 g/mol. The zero-order valence-corrected chi connectivity index (χ0v) is 43.4. The number of carboxylic acids is 2. The highest BCUT2D eigenvalue weighted by atomic mass is 16.4. The molecule has 2 aliphatic heterocycles. The number of amides is 2. The predicted molar refractivity (Wildman–Crippen MR) is 290 cm³/mol. The lowest BCUT2D eigenvalue weighted by Gasteiger charge is -2.20. The summed E-state index contributed by atoms with van der Waals surface area (Å²) in [7, 11) is 15.4. The van der Waals surface area contributed by atoms with Crippen LogP contribution in [-0.2, 0) is 0 Å². The minimum absolute atomic E-state index is 0.0351. The Morgan fingerprint density at radius 1 is 0.539 bits per heavy atom. The number of azide groups is 2. The number of fused-ring (bicyclic) bond motifs is 4. The Morgan fingerprint density at radius 3 is 1.41 bits per heavy atom. The van der Waals surface area contributed by atoms with Crippen LogP contribution in [0.4, 0.5) is 11.4 Å². The van der Waals surface area contributed by atoms with Crippen molar-refractivity contribution in [2.24, 2.45) is 10.2 Å². The average molecular weight is 1030 g/mol. The van der Waals surface area contributed by atoms with E-state index in [4.69, 9.17) is 19.9 Å². The fourth-order valence-corrected chi connectivity index (χ4v) is 8.57. The zero-order chi connectivity index (χ0) is 54.8. The minimum atomic E-state index is -1.39. The molecule has 0 unspecified atom stereocenters. The second-order valence-electron chi connectivity index (χ2n) is 18.5. The maximum Gasteiger partial charge on any atom is 0.251 e. The summed E-state index contributed by atoms with van der Waals surface area (Å²) in [6.07, 6.45) is 0.953. The number of hydrogen-bond acceptors (Lipinski definition) is 12. The summed E-state index contributed by atoms with van der Waals surface area (Å²) >= 11 is 0. The van der Waals surface area contributed by atoms with Crippen molar-refractivity contribution in [2.45, 2.75) is 12.8 Å². The van der Waals surface area contributed by atoms with Crippen molar-refractivity contribution >= 4 is 57.1 Å². The summed E-state index contributed by atoms with van der Waals surface area (Å²) in [5, 5.41) is 40.2. The maximum atomic E-state index is 12.9. The molecule has 2 heterocycles. The first-order valence-electron chi connectivity index (χ1n) is 24.1. The lowest BCUT2D eigenvalue weighted by Crippen LogP contribution is -2.27. The lowest BCUT2D eigenvalue weighted by atomic mass is 9.89. The Hall–Kier alpha value is -9.64. The van der Waals surface area contributed by atoms with Gasteiger partial charge in [-0.3, -0.25) is 9.59 Å². The van der Waals surface area contributed by atoms with Crippen LogP contribution in [0.5, 0.6) is 0 Å². The van der Waals surface area contributed by atoms with Gasteiger partial charge >= 0.3 is 0 Å². The number of nitrogens with zero attached hydrogens (tertiary/aromatic N) is 10. The third kappa shape index (κ3) is 12.1. The van der Waals surface area contributed by atoms with Crippen LogP contribution in [0.25, 0.3) is 87.7 Å². The van der Waals surface area contributed by atoms with Crippen LogP contribution in [-0.4, -0.2) is 106 Å². The van der Waals surface area contributed by atoms with Gasteiger partial charge < -0.3 is 49.1 Å². The van der Waals surface area contributed by atoms with Gasteiger partial charge in [0.1, 0.15) is 50.9 Å². The van der Waals surface area contributed by atoms with E-state index in [1.165, 1.54) is 18.2 Å². The molecule has 0 spiro atoms. The van der Waals surface area contributed by atoms with Crippen molar-refractivity contribution in [3.05, 3.63) is 163 Å². The molecule has 4 aliphatic rings. The normalized spacial score (nSPS) is 10.7. The van der Waals surface area contributed by atoms with Gasteiger partial charge in [0.2, 0.25) is 10.7 Å². The number of carbonyl (C=O) groups excluding carboxylic acids is 4. The topological polar surface area (TPSA) is 275 Å². The van der Waals surface area contributed by atoms with Gasteiger partial charge in [-0.05, 0) is 95.7 Å². The predicted octanol–water partition coefficient (Wildman–Crippen LogP) is 6.19. The van der Waals surface area contributed by atoms with E-state index in [2.05, 4.69) is 30.7 Å². The molecule has 76 heavy (non-hydrogen) atoms. The number of rotatable bonds is 16. The number of benzene rings is 6. The summed E-state index contributed by atoms with van der Waals surface area (Å²) < 4.78 is 16.6. The van der Waals surface area contributed by atoms with Gasteiger partial charge in [0.15, 0.2) is 0 Å². The number of nitrogens with one attached hydrogen (secondary N) is 2. The summed E-state index contributed by atoms with van der Waals surface area (Å²) in [5.41, 5.74) is 23.7. The SMILES string of the molecule is CN(C)c1ccc2c(-c3cc(C(=O)NCCCN=[N+]=[N-])ccc3C(=O)[O-])c3ccc(=[N+](C)C)cc-3oc2c1.CN(C)c1ccc2c(-c3ccc(C(=O)NCCCN=[N+]=[N-])cc3C(=O)[O-])c3ccc(=[N+](C)C)cc-3oc2c1. The summed E-state index contributed by atoms with van der Waals surface area (Å²) in [6, 6.07) is 32.0. The number of hydrogen-bond donors (Lipinski definition) is 2. The number of carboxylic acid groups (broad SMARTS) is 2. The number of carbonyl (C=O) groups is 4. The molecule has 0 fully saturated rings. The largest absolute Gasteiger partial charge is 0.545 e. The van der Waals surface area contributed by atoms with E-state index in [-0.39, 0.29) is 42.2 Å². The Bertz CT molecular complexity index is 3740. The fraction of sp³-hybridized carbons (Fsp3) is 0.250. The maximum absolute atomic E-state index is 12.9. The molecule has 4 aromatic rings. The van der Waals surface area contributed by atoms with Crippen LogP contribution in [0, 0.1) is 0 Å². The molecule has 20 nitrogen and oxygen atoms in total. The first-order valence-corrected chi connectivity index (χ1v) is 24.1. The van der Waals surface area contributed by atoms with Crippen molar-refractivity contribution in [2.75, 3.05) is 92.4 Å². The van der Waals surface area contributed by atoms with Crippen molar-refractivity contribution in [1.82, 2.24) is 19.8 Å². The second-order valence-corrected chi connectivity index (χ2v) is 18.5. The summed E-state index contributed by atoms with van der Waals surface area (Å²) in [5.74, 6) is -2.36. The van der Waals surface area contributed by atoms with Crippen LogP contribution in [0.2, 0.25) is 0 Å². The fourth-order valence-electron chi connectivity index (χ4n) is 8.57. The van der Waals surface area contributed by atoms with Crippen LogP contribution in [0.15, 0.2) is 128 Å². The molecule has 0 bridgehead atoms. The molecule has 8 rings (SSSR count). The molecule has 388 valence electrons. The molecule has 2 N–H and O–H groups in total. The molecule has 2 aliphatic carbocycles. The van der Waals surface area contributed by atoms with E-state index in [0.29, 0.717) is 80.8 Å². The Morgan fingerprint density at radius 2 is 0.974 bits per heavy atom. The monoisotopic (exact) mass is 1020 g/mol. The van der Waals surface area contributed by atoms with Crippen LogP contribution < -0.4 is 50.5 Å². The van der Waals surface area contributed by atoms with E-state index in [9.17, 15) is 29.4 Å². The highest BCUT2D eigenvalue weighted by molar-refractivity contribution is 6.10. The smallest absolute Gasteiger partial charge is 0.251 e. The molecule has 2 amide bonds. The van der Waals surface area contributed by atoms with Crippen molar-refractivity contribution in [3.8, 4) is 44.9 Å². The molecule has 0 radical (unpaired) electrons. The average Bonchev–Trinajstić information content (AvgIpc) is 3.40. The quantitative estimate of drug-likeness (QED) is 0.0276. The van der Waals surface area contributed by atoms with Crippen molar-refractivity contribution in [1.29, 1.82) is 0 Å². The van der Waals surface area contributed by atoms with E-state index in [1.807, 2.05) is 148 Å². The first kappa shape index (κ1) is 54.1. The van der Waals surface area contributed by atoms with Gasteiger partial charge in [-0.1, -0.05) is 22.4 Å². The number of aromatic carboxylic acids is 2. The zero-order valence-electron chi connectivity index (χ0n) is 43.4. The number of anilines is 2. The van der Waals surface area contributed by atoms with Crippen LogP contribution in [0.3, 0.4) is 0 Å². The molecule has 0 saturated carbocycles. The van der Waals surface area contributed by atoms with Gasteiger partial charge in [0.05, 0.1) is 24.1 Å². The molecule has 20 heteroatoms. The molecule has 0 atom stereocenters. The van der Waals surface area contributed by atoms with Crippen molar-refractivity contribution < 1.29 is 38.2 Å². The van der Waals surface area contributed by atoms with Gasteiger partial charge in [-0.25, -0.2) is 9.15 Å². The molecule has 0 aromatic heterocycles. The standard InChI is InChI=1S/2C28H28N6O4/c1-33(2)18-7-10-21-24(15-18)38-25-16-19(34(3)4)8-11-22(25)26(21)23-14-17(6-9-20(23)28(36)37)27(35)30-12-5-13-31-32-29;1-33(2)18-7-10-21-24(15-18)38-25-16-19(34(3)4)8-11-22(25)26(21)20-9-6-17(14-23(20)28(36)37)27(35)30-12-5-13-31-32-29/h2*6-11,14-16H,5,12-13H2,1-4H3,(H-,30,35,36,37). The van der Waals surface area contributed by atoms with Crippen LogP contribution in [0.1, 0.15) is 54.3 Å². The third-order valence-electron chi connectivity index (χ3n) is 12.6. The van der Waals surface area contributed by atoms with Gasteiger partial charge in [-0.2, -0.15) is 0 Å². The molecule has 4 aromatic carbocycles. The van der Waals surface area contributed by atoms with Gasteiger partial charge in [-0.15, -0.1) is 0 Å². The summed E-state index contributed by atoms with van der Waals surface area (Å²) in [4.78, 5) is 59.4. The Labute approximate surface area is 437 Å². The van der Waals surface area contributed by atoms with E-state index < -0.39 is 17.8 Å².